The summed E-state index contributed by atoms with van der Waals surface area (Å²) in [5, 5.41) is 3.12. The molecule has 0 spiro atoms. The highest BCUT2D eigenvalue weighted by atomic mass is 32.2. The molecule has 7 heteroatoms. The highest BCUT2D eigenvalue weighted by Crippen LogP contribution is 2.44. The van der Waals surface area contributed by atoms with Crippen LogP contribution in [-0.2, 0) is 0 Å². The van der Waals surface area contributed by atoms with Crippen molar-refractivity contribution in [3.63, 3.8) is 0 Å². The Hall–Kier alpha value is -0.425. The summed E-state index contributed by atoms with van der Waals surface area (Å²) in [5.74, 6) is 0. The van der Waals surface area contributed by atoms with Crippen molar-refractivity contribution in [3.05, 3.63) is 29.4 Å². The van der Waals surface area contributed by atoms with Crippen molar-refractivity contribution in [1.82, 2.24) is 0 Å². The van der Waals surface area contributed by atoms with Crippen LogP contribution in [0, 0.1) is 5.08 Å². The number of rotatable bonds is 0. The quantitative estimate of drug-likeness (QED) is 0.378. The molecule has 1 aromatic carbocycles. The SMILES string of the molecule is F[B-](F)(F)F.[C+]1Sc2ccccc2S1. The summed E-state index contributed by atoms with van der Waals surface area (Å²) in [6.07, 6.45) is 0. The number of fused-ring (bicyclic) bond motifs is 1. The summed E-state index contributed by atoms with van der Waals surface area (Å²) >= 11 is 3.36. The molecule has 0 saturated carbocycles. The molecule has 0 amide bonds. The Labute approximate surface area is 87.6 Å². The van der Waals surface area contributed by atoms with Gasteiger partial charge in [0.1, 0.15) is 0 Å². The molecular weight excluding hydrogens is 235 g/mol. The molecule has 1 aliphatic heterocycles. The van der Waals surface area contributed by atoms with Gasteiger partial charge in [-0.2, -0.15) is 0 Å². The normalized spacial score (nSPS) is 13.7. The first-order chi connectivity index (χ1) is 6.47. The molecule has 1 radical (unpaired) electrons. The highest BCUT2D eigenvalue weighted by molar-refractivity contribution is 8.21. The van der Waals surface area contributed by atoms with Gasteiger partial charge in [0.15, 0.2) is 23.5 Å². The molecule has 0 aliphatic carbocycles. The van der Waals surface area contributed by atoms with Crippen LogP contribution in [0.2, 0.25) is 0 Å². The maximum Gasteiger partial charge on any atom is 0.673 e. The van der Waals surface area contributed by atoms with Crippen LogP contribution in [-0.4, -0.2) is 7.25 Å². The second kappa shape index (κ2) is 4.88. The maximum atomic E-state index is 9.75. The first-order valence-electron chi connectivity index (χ1n) is 3.52. The van der Waals surface area contributed by atoms with Crippen LogP contribution in [0.15, 0.2) is 34.1 Å². The van der Waals surface area contributed by atoms with Gasteiger partial charge in [0.2, 0.25) is 0 Å². The number of halogens is 4. The van der Waals surface area contributed by atoms with E-state index in [4.69, 9.17) is 0 Å². The molecule has 1 aromatic rings. The number of benzene rings is 1. The van der Waals surface area contributed by atoms with E-state index in [1.54, 1.807) is 23.5 Å². The average molecular weight is 239 g/mol. The van der Waals surface area contributed by atoms with Crippen LogP contribution in [0.25, 0.3) is 0 Å². The summed E-state index contributed by atoms with van der Waals surface area (Å²) in [7, 11) is -6.00. The molecular formula is C7H4BF4S2. The molecule has 0 bridgehead atoms. The fourth-order valence-electron chi connectivity index (χ4n) is 0.729. The Balaban J connectivity index is 0.000000171. The molecule has 0 unspecified atom stereocenters. The van der Waals surface area contributed by atoms with Crippen LogP contribution in [0.1, 0.15) is 0 Å². The van der Waals surface area contributed by atoms with Gasteiger partial charge in [0.05, 0.1) is 9.79 Å². The molecule has 75 valence electrons. The predicted octanol–water partition coefficient (Wildman–Crippen LogP) is 4.18. The minimum absolute atomic E-state index is 1.34. The molecule has 0 nitrogen and oxygen atoms in total. The van der Waals surface area contributed by atoms with Gasteiger partial charge in [0.25, 0.3) is 0 Å². The third kappa shape index (κ3) is 4.71. The van der Waals surface area contributed by atoms with Crippen molar-refractivity contribution < 1.29 is 17.3 Å². The van der Waals surface area contributed by atoms with Gasteiger partial charge in [-0.25, -0.2) is 0 Å². The van der Waals surface area contributed by atoms with Crippen molar-refractivity contribution in [1.29, 1.82) is 0 Å². The first-order valence-corrected chi connectivity index (χ1v) is 5.15. The highest BCUT2D eigenvalue weighted by Gasteiger charge is 2.27. The third-order valence-corrected chi connectivity index (χ3v) is 3.10. The molecule has 0 aromatic heterocycles. The van der Waals surface area contributed by atoms with E-state index in [0.29, 0.717) is 0 Å². The standard InChI is InChI=1S/C7H4S2.BF4/c1-2-4-7-6(3-1)8-5-9-7;2-1(3,4)5/h1-4H;/q+1;-1. The van der Waals surface area contributed by atoms with Gasteiger partial charge in [-0.05, 0) is 12.1 Å². The predicted molar refractivity (Wildman–Crippen MR) is 51.6 cm³/mol. The topological polar surface area (TPSA) is 0 Å². The summed E-state index contributed by atoms with van der Waals surface area (Å²) in [6.45, 7) is 0. The number of hydrogen-bond donors (Lipinski definition) is 0. The average Bonchev–Trinajstić information content (AvgIpc) is 2.47. The Morgan fingerprint density at radius 3 is 1.64 bits per heavy atom. The van der Waals surface area contributed by atoms with E-state index in [1.807, 2.05) is 0 Å². The van der Waals surface area contributed by atoms with Gasteiger partial charge in [-0.3, -0.25) is 0 Å². The van der Waals surface area contributed by atoms with Gasteiger partial charge in [-0.15, -0.1) is 0 Å². The lowest BCUT2D eigenvalue weighted by atomic mass is 10.3. The van der Waals surface area contributed by atoms with Gasteiger partial charge in [-0.1, -0.05) is 12.1 Å². The summed E-state index contributed by atoms with van der Waals surface area (Å²) in [4.78, 5) is 2.67. The minimum atomic E-state index is -6.00. The summed E-state index contributed by atoms with van der Waals surface area (Å²) < 4.78 is 39.0. The summed E-state index contributed by atoms with van der Waals surface area (Å²) in [5.41, 5.74) is 0. The Bertz CT molecular complexity index is 273. The molecule has 0 atom stereocenters. The molecule has 0 saturated heterocycles. The first kappa shape index (κ1) is 11.6. The van der Waals surface area contributed by atoms with Gasteiger partial charge < -0.3 is 17.3 Å². The zero-order valence-corrected chi connectivity index (χ0v) is 8.35. The molecule has 1 heterocycles. The summed E-state index contributed by atoms with van der Waals surface area (Å²) in [6, 6.07) is 8.35. The van der Waals surface area contributed by atoms with Crippen molar-refractivity contribution >= 4 is 30.8 Å². The monoisotopic (exact) mass is 239 g/mol. The van der Waals surface area contributed by atoms with Crippen molar-refractivity contribution in [2.75, 3.05) is 0 Å². The molecule has 0 fully saturated rings. The lowest BCUT2D eigenvalue weighted by Crippen LogP contribution is -2.02. The van der Waals surface area contributed by atoms with Crippen LogP contribution >= 0.6 is 23.5 Å². The zero-order chi connectivity index (χ0) is 10.6. The third-order valence-electron chi connectivity index (χ3n) is 1.15. The van der Waals surface area contributed by atoms with Crippen LogP contribution < -0.4 is 0 Å². The van der Waals surface area contributed by atoms with E-state index >= 15 is 0 Å². The molecule has 2 rings (SSSR count). The van der Waals surface area contributed by atoms with Crippen molar-refractivity contribution in [3.8, 4) is 0 Å². The largest absolute Gasteiger partial charge is 0.673 e. The minimum Gasteiger partial charge on any atom is -0.418 e. The van der Waals surface area contributed by atoms with E-state index in [1.165, 1.54) is 9.79 Å². The van der Waals surface area contributed by atoms with Crippen molar-refractivity contribution in [2.24, 2.45) is 0 Å². The van der Waals surface area contributed by atoms with E-state index in [0.717, 1.165) is 0 Å². The van der Waals surface area contributed by atoms with Crippen molar-refractivity contribution in [2.45, 2.75) is 9.79 Å². The van der Waals surface area contributed by atoms with Crippen LogP contribution in [0.3, 0.4) is 0 Å². The molecule has 1 aliphatic rings. The lowest BCUT2D eigenvalue weighted by molar-refractivity contribution is 0.368. The zero-order valence-electron chi connectivity index (χ0n) is 6.72. The fourth-order valence-corrected chi connectivity index (χ4v) is 2.49. The second-order valence-corrected chi connectivity index (χ2v) is 4.18. The van der Waals surface area contributed by atoms with E-state index in [2.05, 4.69) is 29.4 Å². The lowest BCUT2D eigenvalue weighted by Gasteiger charge is -1.94. The van der Waals surface area contributed by atoms with E-state index in [9.17, 15) is 17.3 Å². The molecule has 14 heavy (non-hydrogen) atoms. The van der Waals surface area contributed by atoms with Crippen LogP contribution in [0.4, 0.5) is 17.3 Å². The smallest absolute Gasteiger partial charge is 0.418 e. The fraction of sp³-hybridized carbons (Fsp3) is 0. The Morgan fingerprint density at radius 1 is 0.929 bits per heavy atom. The van der Waals surface area contributed by atoms with Gasteiger partial charge in [0, 0.05) is 0 Å². The maximum absolute atomic E-state index is 9.75. The Morgan fingerprint density at radius 2 is 1.29 bits per heavy atom. The Kier molecular flexibility index (Phi) is 4.06. The van der Waals surface area contributed by atoms with E-state index in [-0.39, 0.29) is 0 Å². The van der Waals surface area contributed by atoms with Crippen LogP contribution in [0.5, 0.6) is 0 Å². The van der Waals surface area contributed by atoms with Gasteiger partial charge >= 0.3 is 12.3 Å². The number of hydrogen-bond acceptors (Lipinski definition) is 2. The number of thioether (sulfide) groups is 2. The molecule has 0 N–H and O–H groups in total. The second-order valence-electron chi connectivity index (χ2n) is 2.23. The van der Waals surface area contributed by atoms with E-state index < -0.39 is 7.25 Å².